The minimum absolute atomic E-state index is 0.0579. The second-order valence-corrected chi connectivity index (χ2v) is 7.07. The number of pyridine rings is 1. The molecule has 1 atom stereocenters. The molecule has 5 nitrogen and oxygen atoms in total. The monoisotopic (exact) mass is 359 g/mol. The number of thiocarbonyl (C=S) groups is 1. The van der Waals surface area contributed by atoms with Gasteiger partial charge in [0.15, 0.2) is 5.11 Å². The second kappa shape index (κ2) is 7.54. The van der Waals surface area contributed by atoms with E-state index in [0.29, 0.717) is 18.2 Å². The average Bonchev–Trinajstić information content (AvgIpc) is 3.11. The summed E-state index contributed by atoms with van der Waals surface area (Å²) in [6.07, 6.45) is 2.30. The molecule has 2 heterocycles. The summed E-state index contributed by atoms with van der Waals surface area (Å²) in [5, 5.41) is 4.75. The van der Waals surface area contributed by atoms with Gasteiger partial charge in [-0.25, -0.2) is 0 Å². The van der Waals surface area contributed by atoms with E-state index in [1.165, 1.54) is 0 Å². The van der Waals surface area contributed by atoms with E-state index in [2.05, 4.69) is 23.3 Å². The molecular formula is C19H25N3O2S. The minimum Gasteiger partial charge on any atom is -0.376 e. The fourth-order valence-electron chi connectivity index (χ4n) is 3.35. The van der Waals surface area contributed by atoms with Crippen LogP contribution in [0.4, 0.5) is 0 Å². The summed E-state index contributed by atoms with van der Waals surface area (Å²) in [4.78, 5) is 17.7. The zero-order chi connectivity index (χ0) is 18.0. The van der Waals surface area contributed by atoms with Crippen LogP contribution in [0.5, 0.6) is 0 Å². The first-order chi connectivity index (χ1) is 12.0. The van der Waals surface area contributed by atoms with Crippen LogP contribution in [0.2, 0.25) is 0 Å². The number of H-pyrrole nitrogens is 1. The van der Waals surface area contributed by atoms with Crippen molar-refractivity contribution in [1.29, 1.82) is 0 Å². The number of ether oxygens (including phenoxy) is 1. The predicted octanol–water partition coefficient (Wildman–Crippen LogP) is 2.63. The zero-order valence-corrected chi connectivity index (χ0v) is 15.8. The van der Waals surface area contributed by atoms with Crippen molar-refractivity contribution in [2.75, 3.05) is 20.2 Å². The van der Waals surface area contributed by atoms with E-state index < -0.39 is 0 Å². The zero-order valence-electron chi connectivity index (χ0n) is 15.0. The van der Waals surface area contributed by atoms with Gasteiger partial charge in [0.05, 0.1) is 18.2 Å². The highest BCUT2D eigenvalue weighted by Gasteiger charge is 2.21. The summed E-state index contributed by atoms with van der Waals surface area (Å²) >= 11 is 5.44. The van der Waals surface area contributed by atoms with Crippen LogP contribution in [0.1, 0.15) is 29.5 Å². The molecule has 134 valence electrons. The molecule has 1 aromatic carbocycles. The number of nitrogens with zero attached hydrogens (tertiary/aromatic N) is 1. The molecule has 1 fully saturated rings. The van der Waals surface area contributed by atoms with Crippen LogP contribution in [-0.4, -0.2) is 41.3 Å². The van der Waals surface area contributed by atoms with Crippen molar-refractivity contribution < 1.29 is 4.74 Å². The van der Waals surface area contributed by atoms with Gasteiger partial charge in [0.1, 0.15) is 0 Å². The third-order valence-corrected chi connectivity index (χ3v) is 5.29. The second-order valence-electron chi connectivity index (χ2n) is 6.68. The van der Waals surface area contributed by atoms with Crippen LogP contribution in [-0.2, 0) is 11.3 Å². The van der Waals surface area contributed by atoms with Gasteiger partial charge >= 0.3 is 0 Å². The Balaban J connectivity index is 1.93. The van der Waals surface area contributed by atoms with Crippen molar-refractivity contribution in [3.05, 3.63) is 45.2 Å². The molecule has 0 amide bonds. The number of benzene rings is 1. The van der Waals surface area contributed by atoms with Crippen LogP contribution in [0.3, 0.4) is 0 Å². The average molecular weight is 359 g/mol. The fraction of sp³-hybridized carbons (Fsp3) is 0.474. The smallest absolute Gasteiger partial charge is 0.253 e. The van der Waals surface area contributed by atoms with E-state index in [1.54, 1.807) is 0 Å². The molecule has 0 bridgehead atoms. The maximum Gasteiger partial charge on any atom is 0.253 e. The van der Waals surface area contributed by atoms with E-state index in [4.69, 9.17) is 17.0 Å². The Morgan fingerprint density at radius 2 is 2.16 bits per heavy atom. The van der Waals surface area contributed by atoms with E-state index in [9.17, 15) is 4.79 Å². The van der Waals surface area contributed by atoms with Gasteiger partial charge in [-0.1, -0.05) is 12.1 Å². The summed E-state index contributed by atoms with van der Waals surface area (Å²) in [6, 6.07) is 6.12. The maximum atomic E-state index is 12.6. The third-order valence-electron chi connectivity index (χ3n) is 4.83. The minimum atomic E-state index is -0.0579. The molecule has 2 aromatic rings. The van der Waals surface area contributed by atoms with Gasteiger partial charge in [-0.15, -0.1) is 0 Å². The van der Waals surface area contributed by atoms with Crippen molar-refractivity contribution in [2.45, 2.75) is 39.3 Å². The van der Waals surface area contributed by atoms with E-state index in [-0.39, 0.29) is 11.7 Å². The number of hydrogen-bond acceptors (Lipinski definition) is 3. The number of hydrogen-bond donors (Lipinski definition) is 2. The first-order valence-electron chi connectivity index (χ1n) is 8.70. The first kappa shape index (κ1) is 17.9. The molecule has 3 rings (SSSR count). The molecule has 1 aliphatic rings. The third kappa shape index (κ3) is 3.85. The number of rotatable bonds is 4. The van der Waals surface area contributed by atoms with E-state index >= 15 is 0 Å². The van der Waals surface area contributed by atoms with E-state index in [1.807, 2.05) is 31.0 Å². The molecule has 0 aliphatic carbocycles. The molecule has 0 radical (unpaired) electrons. The van der Waals surface area contributed by atoms with Gasteiger partial charge < -0.3 is 19.9 Å². The lowest BCUT2D eigenvalue weighted by molar-refractivity contribution is 0.0898. The van der Waals surface area contributed by atoms with Crippen LogP contribution >= 0.6 is 12.2 Å². The molecule has 6 heteroatoms. The van der Waals surface area contributed by atoms with Crippen molar-refractivity contribution >= 4 is 28.2 Å². The summed E-state index contributed by atoms with van der Waals surface area (Å²) in [6.45, 7) is 6.05. The van der Waals surface area contributed by atoms with Gasteiger partial charge in [-0.05, 0) is 56.1 Å². The number of fused-ring (bicyclic) bond motifs is 1. The fourth-order valence-corrected chi connectivity index (χ4v) is 3.49. The number of nitrogens with one attached hydrogen (secondary N) is 2. The van der Waals surface area contributed by atoms with Crippen LogP contribution in [0, 0.1) is 13.8 Å². The van der Waals surface area contributed by atoms with Crippen LogP contribution in [0.15, 0.2) is 23.0 Å². The molecule has 0 spiro atoms. The number of aromatic amines is 1. The quantitative estimate of drug-likeness (QED) is 0.822. The van der Waals surface area contributed by atoms with Gasteiger partial charge in [0, 0.05) is 31.1 Å². The molecule has 1 aliphatic heterocycles. The SMILES string of the molecule is CNC(=S)N(Cc1cc2c(C)ccc(C)c2[nH]c1=O)CC1CCCO1. The normalized spacial score (nSPS) is 17.0. The molecule has 25 heavy (non-hydrogen) atoms. The highest BCUT2D eigenvalue weighted by Crippen LogP contribution is 2.21. The highest BCUT2D eigenvalue weighted by molar-refractivity contribution is 7.80. The summed E-state index contributed by atoms with van der Waals surface area (Å²) in [7, 11) is 1.81. The Hall–Kier alpha value is -1.92. The Labute approximate surface area is 153 Å². The van der Waals surface area contributed by atoms with E-state index in [0.717, 1.165) is 47.0 Å². The topological polar surface area (TPSA) is 57.4 Å². The van der Waals surface area contributed by atoms with Crippen LogP contribution in [0.25, 0.3) is 10.9 Å². The Kier molecular flexibility index (Phi) is 5.39. The number of aryl methyl sites for hydroxylation is 2. The summed E-state index contributed by atoms with van der Waals surface area (Å²) in [5.74, 6) is 0. The number of aromatic nitrogens is 1. The predicted molar refractivity (Wildman–Crippen MR) is 105 cm³/mol. The standard InChI is InChI=1S/C19H25N3O2S/c1-12-6-7-13(2)17-16(12)9-14(18(23)21-17)10-22(19(25)20-3)11-15-5-4-8-24-15/h6-7,9,15H,4-5,8,10-11H2,1-3H3,(H,20,25)(H,21,23). The largest absolute Gasteiger partial charge is 0.376 e. The Morgan fingerprint density at radius 1 is 1.40 bits per heavy atom. The van der Waals surface area contributed by atoms with Gasteiger partial charge in [0.25, 0.3) is 5.56 Å². The lowest BCUT2D eigenvalue weighted by atomic mass is 10.0. The van der Waals surface area contributed by atoms with Gasteiger partial charge in [0.2, 0.25) is 0 Å². The van der Waals surface area contributed by atoms with Gasteiger partial charge in [-0.3, -0.25) is 4.79 Å². The molecular weight excluding hydrogens is 334 g/mol. The molecule has 1 saturated heterocycles. The Morgan fingerprint density at radius 3 is 2.84 bits per heavy atom. The summed E-state index contributed by atoms with van der Waals surface area (Å²) < 4.78 is 5.74. The summed E-state index contributed by atoms with van der Waals surface area (Å²) in [5.41, 5.74) is 3.80. The van der Waals surface area contributed by atoms with Crippen molar-refractivity contribution in [1.82, 2.24) is 15.2 Å². The lowest BCUT2D eigenvalue weighted by Gasteiger charge is -2.27. The van der Waals surface area contributed by atoms with Crippen molar-refractivity contribution in [2.24, 2.45) is 0 Å². The molecule has 1 unspecified atom stereocenters. The Bertz CT molecular complexity index is 840. The van der Waals surface area contributed by atoms with Crippen LogP contribution < -0.4 is 10.9 Å². The highest BCUT2D eigenvalue weighted by atomic mass is 32.1. The molecule has 2 N–H and O–H groups in total. The molecule has 1 aromatic heterocycles. The first-order valence-corrected chi connectivity index (χ1v) is 9.11. The van der Waals surface area contributed by atoms with Crippen molar-refractivity contribution in [3.8, 4) is 0 Å². The lowest BCUT2D eigenvalue weighted by Crippen LogP contribution is -2.42. The molecule has 0 saturated carbocycles. The van der Waals surface area contributed by atoms with Crippen molar-refractivity contribution in [3.63, 3.8) is 0 Å². The maximum absolute atomic E-state index is 12.6. The van der Waals surface area contributed by atoms with Gasteiger partial charge in [-0.2, -0.15) is 0 Å².